The average Bonchev–Trinajstić information content (AvgIpc) is 3.13. The molecule has 1 aliphatic rings. The fourth-order valence-electron chi connectivity index (χ4n) is 3.97. The molecule has 1 heterocycles. The van der Waals surface area contributed by atoms with Crippen molar-refractivity contribution < 1.29 is 28.6 Å². The van der Waals surface area contributed by atoms with E-state index in [1.165, 1.54) is 36.3 Å². The Bertz CT molecular complexity index is 1230. The molecule has 1 saturated heterocycles. The minimum Gasteiger partial charge on any atom is -0.507 e. The largest absolute Gasteiger partial charge is 0.507 e. The molecule has 6 nitrogen and oxygen atoms in total. The Balaban J connectivity index is 1.88. The van der Waals surface area contributed by atoms with E-state index in [9.17, 15) is 19.1 Å². The lowest BCUT2D eigenvalue weighted by molar-refractivity contribution is -0.132. The highest BCUT2D eigenvalue weighted by Gasteiger charge is 2.47. The fraction of sp³-hybridized carbons (Fsp3) is 0.185. The number of amides is 1. The van der Waals surface area contributed by atoms with E-state index < -0.39 is 23.5 Å². The second-order valence-electron chi connectivity index (χ2n) is 7.76. The van der Waals surface area contributed by atoms with Gasteiger partial charge in [0, 0.05) is 16.8 Å². The van der Waals surface area contributed by atoms with Crippen molar-refractivity contribution in [2.75, 3.05) is 18.6 Å². The van der Waals surface area contributed by atoms with E-state index in [1.807, 2.05) is 6.92 Å². The summed E-state index contributed by atoms with van der Waals surface area (Å²) in [6, 6.07) is 17.9. The first-order valence-corrected chi connectivity index (χ1v) is 10.9. The van der Waals surface area contributed by atoms with Gasteiger partial charge in [-0.1, -0.05) is 25.1 Å². The van der Waals surface area contributed by atoms with E-state index in [-0.39, 0.29) is 11.3 Å². The van der Waals surface area contributed by atoms with Crippen LogP contribution < -0.4 is 14.4 Å². The van der Waals surface area contributed by atoms with Crippen LogP contribution in [0.3, 0.4) is 0 Å². The summed E-state index contributed by atoms with van der Waals surface area (Å²) in [6.07, 6.45) is 0.855. The van der Waals surface area contributed by atoms with Gasteiger partial charge in [-0.05, 0) is 61.0 Å². The lowest BCUT2D eigenvalue weighted by Crippen LogP contribution is -2.29. The molecule has 1 aliphatic heterocycles. The zero-order chi connectivity index (χ0) is 24.2. The van der Waals surface area contributed by atoms with Crippen LogP contribution in [0.1, 0.15) is 30.5 Å². The predicted octanol–water partition coefficient (Wildman–Crippen LogP) is 5.25. The summed E-state index contributed by atoms with van der Waals surface area (Å²) >= 11 is 0. The molecule has 174 valence electrons. The summed E-state index contributed by atoms with van der Waals surface area (Å²) < 4.78 is 24.6. The molecule has 1 unspecified atom stereocenters. The first kappa shape index (κ1) is 23.0. The summed E-state index contributed by atoms with van der Waals surface area (Å²) in [6.45, 7) is 2.56. The molecule has 0 saturated carbocycles. The van der Waals surface area contributed by atoms with Gasteiger partial charge in [-0.2, -0.15) is 0 Å². The van der Waals surface area contributed by atoms with Gasteiger partial charge in [0.2, 0.25) is 0 Å². The van der Waals surface area contributed by atoms with E-state index in [1.54, 1.807) is 48.5 Å². The Labute approximate surface area is 196 Å². The molecule has 3 aromatic carbocycles. The number of hydrogen-bond donors (Lipinski definition) is 1. The van der Waals surface area contributed by atoms with Gasteiger partial charge in [-0.25, -0.2) is 4.39 Å². The molecule has 4 rings (SSSR count). The lowest BCUT2D eigenvalue weighted by atomic mass is 9.94. The van der Waals surface area contributed by atoms with E-state index in [4.69, 9.17) is 9.47 Å². The number of carbonyl (C=O) groups is 2. The molecule has 1 fully saturated rings. The first-order chi connectivity index (χ1) is 16.5. The van der Waals surface area contributed by atoms with Crippen LogP contribution >= 0.6 is 0 Å². The maximum atomic E-state index is 13.6. The van der Waals surface area contributed by atoms with Gasteiger partial charge < -0.3 is 14.6 Å². The third-order valence-electron chi connectivity index (χ3n) is 5.58. The molecule has 0 bridgehead atoms. The number of hydrogen-bond acceptors (Lipinski definition) is 5. The second-order valence-corrected chi connectivity index (χ2v) is 7.76. The van der Waals surface area contributed by atoms with Crippen molar-refractivity contribution in [3.63, 3.8) is 0 Å². The molecular formula is C27H24FNO5. The van der Waals surface area contributed by atoms with Crippen LogP contribution in [0.5, 0.6) is 11.5 Å². The molecule has 0 aliphatic carbocycles. The van der Waals surface area contributed by atoms with Crippen LogP contribution in [0.15, 0.2) is 78.4 Å². The zero-order valence-corrected chi connectivity index (χ0v) is 18.8. The number of aliphatic hydroxyl groups is 1. The number of halogens is 1. The summed E-state index contributed by atoms with van der Waals surface area (Å²) in [4.78, 5) is 27.6. The Morgan fingerprint density at radius 1 is 1.00 bits per heavy atom. The molecule has 0 radical (unpaired) electrons. The van der Waals surface area contributed by atoms with Gasteiger partial charge in [0.15, 0.2) is 0 Å². The molecule has 0 aromatic heterocycles. The predicted molar refractivity (Wildman–Crippen MR) is 126 cm³/mol. The Morgan fingerprint density at radius 3 is 2.32 bits per heavy atom. The number of aliphatic hydroxyl groups excluding tert-OH is 1. The number of methoxy groups -OCH3 is 1. The van der Waals surface area contributed by atoms with Crippen molar-refractivity contribution >= 4 is 23.1 Å². The van der Waals surface area contributed by atoms with Gasteiger partial charge in [0.1, 0.15) is 23.1 Å². The Hall–Kier alpha value is -4.13. The van der Waals surface area contributed by atoms with Gasteiger partial charge in [-0.15, -0.1) is 0 Å². The maximum Gasteiger partial charge on any atom is 0.300 e. The van der Waals surface area contributed by atoms with Crippen LogP contribution in [0, 0.1) is 5.82 Å². The fourth-order valence-corrected chi connectivity index (χ4v) is 3.97. The van der Waals surface area contributed by atoms with Gasteiger partial charge in [-0.3, -0.25) is 14.5 Å². The normalized spacial score (nSPS) is 17.1. The summed E-state index contributed by atoms with van der Waals surface area (Å²) in [5, 5.41) is 11.2. The van der Waals surface area contributed by atoms with Crippen molar-refractivity contribution in [2.45, 2.75) is 19.4 Å². The molecule has 34 heavy (non-hydrogen) atoms. The van der Waals surface area contributed by atoms with Crippen molar-refractivity contribution in [3.8, 4) is 11.5 Å². The van der Waals surface area contributed by atoms with Crippen LogP contribution in [0.25, 0.3) is 5.76 Å². The number of para-hydroxylation sites is 1. The summed E-state index contributed by atoms with van der Waals surface area (Å²) in [7, 11) is 1.48. The monoisotopic (exact) mass is 461 g/mol. The van der Waals surface area contributed by atoms with Crippen molar-refractivity contribution in [1.82, 2.24) is 0 Å². The number of Topliss-reactive ketones (excluding diaryl/α,β-unsaturated/α-hetero) is 1. The molecule has 1 N–H and O–H groups in total. The Kier molecular flexibility index (Phi) is 6.63. The van der Waals surface area contributed by atoms with E-state index in [2.05, 4.69) is 0 Å². The number of ether oxygens (including phenoxy) is 2. The Morgan fingerprint density at radius 2 is 1.68 bits per heavy atom. The van der Waals surface area contributed by atoms with Gasteiger partial charge in [0.05, 0.1) is 25.3 Å². The topological polar surface area (TPSA) is 76.1 Å². The first-order valence-electron chi connectivity index (χ1n) is 10.9. The standard InChI is InChI=1S/C27H24FNO5/c1-3-16-34-20-14-8-17(9-15-20)25(30)23-24(21-6-4-5-7-22(21)33-2)29(27(32)26(23)31)19-12-10-18(28)11-13-19/h4-15,24,30H,3,16H2,1-2H3/b25-23-. The number of benzene rings is 3. The van der Waals surface area contributed by atoms with E-state index in [0.717, 1.165) is 6.42 Å². The smallest absolute Gasteiger partial charge is 0.300 e. The SMILES string of the molecule is CCCOc1ccc(/C(O)=C2/C(=O)C(=O)N(c3ccc(F)cc3)C2c2ccccc2OC)cc1. The van der Waals surface area contributed by atoms with Gasteiger partial charge in [0.25, 0.3) is 11.7 Å². The van der Waals surface area contributed by atoms with E-state index in [0.29, 0.717) is 34.9 Å². The van der Waals surface area contributed by atoms with Crippen LogP contribution in [-0.2, 0) is 9.59 Å². The summed E-state index contributed by atoms with van der Waals surface area (Å²) in [5.74, 6) is -1.39. The molecule has 7 heteroatoms. The number of rotatable bonds is 7. The molecule has 1 amide bonds. The highest BCUT2D eigenvalue weighted by Crippen LogP contribution is 2.44. The third kappa shape index (κ3) is 4.24. The number of anilines is 1. The lowest BCUT2D eigenvalue weighted by Gasteiger charge is -2.26. The minimum atomic E-state index is -0.974. The molecule has 1 atom stereocenters. The molecular weight excluding hydrogens is 437 g/mol. The van der Waals surface area contributed by atoms with Crippen LogP contribution in [0.2, 0.25) is 0 Å². The quantitative estimate of drug-likeness (QED) is 0.296. The number of nitrogens with zero attached hydrogens (tertiary/aromatic N) is 1. The van der Waals surface area contributed by atoms with Crippen molar-refractivity contribution in [3.05, 3.63) is 95.3 Å². The maximum absolute atomic E-state index is 13.6. The molecule has 3 aromatic rings. The van der Waals surface area contributed by atoms with Crippen LogP contribution in [-0.4, -0.2) is 30.5 Å². The molecule has 0 spiro atoms. The zero-order valence-electron chi connectivity index (χ0n) is 18.8. The third-order valence-corrected chi connectivity index (χ3v) is 5.58. The highest BCUT2D eigenvalue weighted by molar-refractivity contribution is 6.51. The average molecular weight is 461 g/mol. The van der Waals surface area contributed by atoms with Crippen molar-refractivity contribution in [2.24, 2.45) is 0 Å². The number of carbonyl (C=O) groups excluding carboxylic acids is 2. The van der Waals surface area contributed by atoms with Crippen LogP contribution in [0.4, 0.5) is 10.1 Å². The van der Waals surface area contributed by atoms with Crippen molar-refractivity contribution in [1.29, 1.82) is 0 Å². The second kappa shape index (κ2) is 9.79. The summed E-state index contributed by atoms with van der Waals surface area (Å²) in [5.41, 5.74) is 1.11. The minimum absolute atomic E-state index is 0.0824. The number of ketones is 1. The van der Waals surface area contributed by atoms with E-state index >= 15 is 0 Å². The van der Waals surface area contributed by atoms with Gasteiger partial charge >= 0.3 is 0 Å². The highest BCUT2D eigenvalue weighted by atomic mass is 19.1.